The first-order chi connectivity index (χ1) is 11.2. The van der Waals surface area contributed by atoms with Gasteiger partial charge in [-0.3, -0.25) is 0 Å². The molecule has 114 valence electrons. The number of nitrogen functional groups attached to an aromatic ring is 1. The number of anilines is 1. The Labute approximate surface area is 134 Å². The number of rotatable bonds is 3. The van der Waals surface area contributed by atoms with Gasteiger partial charge in [0.1, 0.15) is 10.8 Å². The molecule has 3 heterocycles. The molecule has 4 rings (SSSR count). The zero-order valence-electron chi connectivity index (χ0n) is 11.8. The number of fused-ring (bicyclic) bond motifs is 1. The minimum absolute atomic E-state index is 0.236. The van der Waals surface area contributed by atoms with Crippen LogP contribution in [-0.2, 0) is 6.42 Å². The van der Waals surface area contributed by atoms with Crippen molar-refractivity contribution in [1.29, 1.82) is 0 Å². The first kappa shape index (κ1) is 13.8. The maximum Gasteiger partial charge on any atom is 0.223 e. The molecule has 0 saturated heterocycles. The van der Waals surface area contributed by atoms with Gasteiger partial charge in [0.2, 0.25) is 5.95 Å². The zero-order valence-corrected chi connectivity index (χ0v) is 12.7. The highest BCUT2D eigenvalue weighted by molar-refractivity contribution is 7.09. The van der Waals surface area contributed by atoms with Crippen LogP contribution in [0.1, 0.15) is 10.8 Å². The fraction of sp³-hybridized carbons (Fsp3) is 0.0667. The summed E-state index contributed by atoms with van der Waals surface area (Å²) >= 11 is 1.55. The lowest BCUT2D eigenvalue weighted by molar-refractivity contribution is 0.628. The molecule has 4 aromatic rings. The molecule has 8 heteroatoms. The average molecular weight is 326 g/mol. The predicted molar refractivity (Wildman–Crippen MR) is 85.5 cm³/mol. The molecule has 0 aliphatic carbocycles. The van der Waals surface area contributed by atoms with Crippen LogP contribution >= 0.6 is 11.3 Å². The third-order valence-corrected chi connectivity index (χ3v) is 4.11. The van der Waals surface area contributed by atoms with Gasteiger partial charge in [0, 0.05) is 23.2 Å². The van der Waals surface area contributed by atoms with E-state index in [0.29, 0.717) is 23.6 Å². The van der Waals surface area contributed by atoms with Gasteiger partial charge in [-0.25, -0.2) is 19.3 Å². The van der Waals surface area contributed by atoms with Gasteiger partial charge in [-0.2, -0.15) is 4.52 Å². The summed E-state index contributed by atoms with van der Waals surface area (Å²) in [5.41, 5.74) is 7.97. The minimum atomic E-state index is -0.295. The molecule has 23 heavy (non-hydrogen) atoms. The molecule has 6 nitrogen and oxygen atoms in total. The molecular formula is C15H11FN6S. The molecule has 1 aromatic carbocycles. The number of nitrogens with zero attached hydrogens (tertiary/aromatic N) is 5. The highest BCUT2D eigenvalue weighted by Crippen LogP contribution is 2.21. The first-order valence-corrected chi connectivity index (χ1v) is 7.73. The van der Waals surface area contributed by atoms with E-state index in [1.807, 2.05) is 5.38 Å². The predicted octanol–water partition coefficient (Wildman–Crippen LogP) is 2.56. The molecule has 3 aromatic heterocycles. The van der Waals surface area contributed by atoms with Gasteiger partial charge < -0.3 is 5.73 Å². The molecular weight excluding hydrogens is 315 g/mol. The van der Waals surface area contributed by atoms with Crippen molar-refractivity contribution in [1.82, 2.24) is 24.6 Å². The molecule has 2 N–H and O–H groups in total. The third-order valence-electron chi connectivity index (χ3n) is 3.33. The summed E-state index contributed by atoms with van der Waals surface area (Å²) in [7, 11) is 0. The summed E-state index contributed by atoms with van der Waals surface area (Å²) in [6.07, 6.45) is 2.29. The Balaban J connectivity index is 1.76. The number of hydrogen-bond donors (Lipinski definition) is 1. The van der Waals surface area contributed by atoms with Gasteiger partial charge in [-0.05, 0) is 24.3 Å². The smallest absolute Gasteiger partial charge is 0.223 e. The van der Waals surface area contributed by atoms with Crippen LogP contribution in [0.3, 0.4) is 0 Å². The second-order valence-corrected chi connectivity index (χ2v) is 5.89. The Hall–Kier alpha value is -2.87. The first-order valence-electron chi connectivity index (χ1n) is 6.85. The minimum Gasteiger partial charge on any atom is -0.368 e. The normalized spacial score (nSPS) is 11.2. The van der Waals surface area contributed by atoms with Crippen molar-refractivity contribution < 1.29 is 4.39 Å². The molecule has 0 spiro atoms. The van der Waals surface area contributed by atoms with E-state index < -0.39 is 0 Å². The lowest BCUT2D eigenvalue weighted by Crippen LogP contribution is -2.03. The number of benzene rings is 1. The fourth-order valence-electron chi connectivity index (χ4n) is 2.27. The number of hydrogen-bond acceptors (Lipinski definition) is 6. The number of nitrogens with two attached hydrogens (primary N) is 1. The van der Waals surface area contributed by atoms with Gasteiger partial charge in [0.25, 0.3) is 0 Å². The Bertz CT molecular complexity index is 962. The Morgan fingerprint density at radius 1 is 1.17 bits per heavy atom. The molecule has 0 unspecified atom stereocenters. The van der Waals surface area contributed by atoms with Crippen molar-refractivity contribution in [3.63, 3.8) is 0 Å². The molecule has 0 aliphatic rings. The SMILES string of the molecule is Nc1nc(-c2ccc(F)cc2)cc2nc(Cc3nccs3)nn12. The van der Waals surface area contributed by atoms with Crippen molar-refractivity contribution in [2.75, 3.05) is 5.73 Å². The van der Waals surface area contributed by atoms with Crippen LogP contribution in [0.2, 0.25) is 0 Å². The van der Waals surface area contributed by atoms with Gasteiger partial charge >= 0.3 is 0 Å². The lowest BCUT2D eigenvalue weighted by Gasteiger charge is -2.03. The van der Waals surface area contributed by atoms with Crippen molar-refractivity contribution in [2.24, 2.45) is 0 Å². The van der Waals surface area contributed by atoms with E-state index in [4.69, 9.17) is 5.73 Å². The molecule has 0 fully saturated rings. The maximum absolute atomic E-state index is 13.0. The second kappa shape index (κ2) is 5.40. The maximum atomic E-state index is 13.0. The van der Waals surface area contributed by atoms with Crippen LogP contribution in [0.15, 0.2) is 41.9 Å². The van der Waals surface area contributed by atoms with Crippen LogP contribution in [-0.4, -0.2) is 24.6 Å². The Morgan fingerprint density at radius 2 is 2.00 bits per heavy atom. The van der Waals surface area contributed by atoms with Crippen LogP contribution in [0.4, 0.5) is 10.3 Å². The Morgan fingerprint density at radius 3 is 2.74 bits per heavy atom. The number of halogens is 1. The van der Waals surface area contributed by atoms with Crippen molar-refractivity contribution in [3.05, 3.63) is 58.6 Å². The van der Waals surface area contributed by atoms with E-state index >= 15 is 0 Å². The monoisotopic (exact) mass is 326 g/mol. The fourth-order valence-corrected chi connectivity index (χ4v) is 2.89. The van der Waals surface area contributed by atoms with E-state index in [-0.39, 0.29) is 11.8 Å². The molecule has 0 atom stereocenters. The van der Waals surface area contributed by atoms with Crippen LogP contribution in [0.25, 0.3) is 16.9 Å². The average Bonchev–Trinajstić information content (AvgIpc) is 3.18. The highest BCUT2D eigenvalue weighted by Gasteiger charge is 2.11. The summed E-state index contributed by atoms with van der Waals surface area (Å²) in [5.74, 6) is 0.570. The summed E-state index contributed by atoms with van der Waals surface area (Å²) in [4.78, 5) is 13.0. The van der Waals surface area contributed by atoms with Crippen molar-refractivity contribution in [2.45, 2.75) is 6.42 Å². The van der Waals surface area contributed by atoms with Gasteiger partial charge in [-0.15, -0.1) is 16.4 Å². The second-order valence-electron chi connectivity index (χ2n) is 4.91. The Kier molecular flexibility index (Phi) is 3.23. The molecule has 0 amide bonds. The van der Waals surface area contributed by atoms with Crippen LogP contribution in [0.5, 0.6) is 0 Å². The van der Waals surface area contributed by atoms with Crippen molar-refractivity contribution in [3.8, 4) is 11.3 Å². The molecule has 0 bridgehead atoms. The topological polar surface area (TPSA) is 82.0 Å². The van der Waals surface area contributed by atoms with Gasteiger partial charge in [0.05, 0.1) is 12.1 Å². The number of thiazole rings is 1. The molecule has 0 radical (unpaired) electrons. The number of aromatic nitrogens is 5. The summed E-state index contributed by atoms with van der Waals surface area (Å²) in [6, 6.07) is 7.85. The van der Waals surface area contributed by atoms with E-state index in [2.05, 4.69) is 20.1 Å². The van der Waals surface area contributed by atoms with E-state index in [1.165, 1.54) is 16.6 Å². The third kappa shape index (κ3) is 2.64. The van der Waals surface area contributed by atoms with Gasteiger partial charge in [0.15, 0.2) is 11.5 Å². The summed E-state index contributed by atoms with van der Waals surface area (Å²) in [5, 5.41) is 7.21. The highest BCUT2D eigenvalue weighted by atomic mass is 32.1. The van der Waals surface area contributed by atoms with E-state index in [1.54, 1.807) is 35.7 Å². The van der Waals surface area contributed by atoms with E-state index in [9.17, 15) is 4.39 Å². The quantitative estimate of drug-likeness (QED) is 0.626. The lowest BCUT2D eigenvalue weighted by atomic mass is 10.1. The molecule has 0 aliphatic heterocycles. The van der Waals surface area contributed by atoms with Crippen molar-refractivity contribution >= 4 is 22.9 Å². The zero-order chi connectivity index (χ0) is 15.8. The van der Waals surface area contributed by atoms with Crippen LogP contribution < -0.4 is 5.73 Å². The van der Waals surface area contributed by atoms with Crippen LogP contribution in [0, 0.1) is 5.82 Å². The van der Waals surface area contributed by atoms with Gasteiger partial charge in [-0.1, -0.05) is 0 Å². The molecule has 0 saturated carbocycles. The summed E-state index contributed by atoms with van der Waals surface area (Å²) in [6.45, 7) is 0. The summed E-state index contributed by atoms with van der Waals surface area (Å²) < 4.78 is 14.5. The van der Waals surface area contributed by atoms with E-state index in [0.717, 1.165) is 10.6 Å². The standard InChI is InChI=1S/C15H11FN6S/c16-10-3-1-9(2-4-10)11-7-13-20-12(8-14-18-5-6-23-14)21-22(13)15(17)19-11/h1-7H,8H2,(H2,17,19). The largest absolute Gasteiger partial charge is 0.368 e.